The minimum atomic E-state index is -3.41. The van der Waals surface area contributed by atoms with Crippen molar-refractivity contribution in [2.45, 2.75) is 32.1 Å². The lowest BCUT2D eigenvalue weighted by atomic mass is 9.93. The van der Waals surface area contributed by atoms with E-state index in [9.17, 15) is 8.42 Å². The number of sulfone groups is 1. The van der Waals surface area contributed by atoms with E-state index in [1.54, 1.807) is 12.1 Å². The largest absolute Gasteiger partial charge is 0.384 e. The molecule has 21 heavy (non-hydrogen) atoms. The Bertz CT molecular complexity index is 589. The van der Waals surface area contributed by atoms with Crippen molar-refractivity contribution in [3.63, 3.8) is 0 Å². The first-order chi connectivity index (χ1) is 9.62. The van der Waals surface area contributed by atoms with E-state index in [0.717, 1.165) is 6.42 Å². The van der Waals surface area contributed by atoms with Gasteiger partial charge >= 0.3 is 0 Å². The SMILES string of the molecule is CC(C)(C)CCOCCS(=O)(=O)c1cccc(C(=N)N)c1. The third-order valence-corrected chi connectivity index (χ3v) is 4.67. The smallest absolute Gasteiger partial charge is 0.180 e. The Kier molecular flexibility index (Phi) is 5.92. The number of rotatable bonds is 7. The number of benzene rings is 1. The predicted octanol–water partition coefficient (Wildman–Crippen LogP) is 2.20. The minimum Gasteiger partial charge on any atom is -0.384 e. The van der Waals surface area contributed by atoms with Crippen LogP contribution in [0.25, 0.3) is 0 Å². The summed E-state index contributed by atoms with van der Waals surface area (Å²) in [6, 6.07) is 6.13. The van der Waals surface area contributed by atoms with Gasteiger partial charge in [0.15, 0.2) is 9.84 Å². The molecule has 0 aliphatic rings. The maximum absolute atomic E-state index is 12.2. The third-order valence-electron chi connectivity index (χ3n) is 3.00. The molecule has 1 aromatic carbocycles. The van der Waals surface area contributed by atoms with Crippen LogP contribution >= 0.6 is 0 Å². The second-order valence-corrected chi connectivity index (χ2v) is 8.29. The van der Waals surface area contributed by atoms with Crippen molar-refractivity contribution >= 4 is 15.7 Å². The van der Waals surface area contributed by atoms with Crippen LogP contribution in [-0.2, 0) is 14.6 Å². The van der Waals surface area contributed by atoms with Gasteiger partial charge in [-0.3, -0.25) is 5.41 Å². The van der Waals surface area contributed by atoms with Crippen LogP contribution in [0.15, 0.2) is 29.2 Å². The summed E-state index contributed by atoms with van der Waals surface area (Å²) in [5.41, 5.74) is 5.95. The molecular weight excluding hydrogens is 288 g/mol. The van der Waals surface area contributed by atoms with Crippen molar-refractivity contribution in [2.75, 3.05) is 19.0 Å². The van der Waals surface area contributed by atoms with E-state index in [0.29, 0.717) is 12.2 Å². The Morgan fingerprint density at radius 2 is 1.95 bits per heavy atom. The van der Waals surface area contributed by atoms with E-state index < -0.39 is 9.84 Å². The Hall–Kier alpha value is -1.40. The van der Waals surface area contributed by atoms with E-state index in [1.807, 2.05) is 0 Å². The molecule has 0 aliphatic carbocycles. The van der Waals surface area contributed by atoms with Gasteiger partial charge in [0, 0.05) is 12.2 Å². The summed E-state index contributed by atoms with van der Waals surface area (Å²) in [6.07, 6.45) is 0.882. The highest BCUT2D eigenvalue weighted by Crippen LogP contribution is 2.18. The lowest BCUT2D eigenvalue weighted by molar-refractivity contribution is 0.120. The normalized spacial score (nSPS) is 12.3. The topological polar surface area (TPSA) is 93.2 Å². The Labute approximate surface area is 126 Å². The highest BCUT2D eigenvalue weighted by Gasteiger charge is 2.16. The average Bonchev–Trinajstić information content (AvgIpc) is 2.37. The number of nitrogens with two attached hydrogens (primary N) is 1. The van der Waals surface area contributed by atoms with Crippen LogP contribution < -0.4 is 5.73 Å². The second-order valence-electron chi connectivity index (χ2n) is 6.18. The number of ether oxygens (including phenoxy) is 1. The molecule has 0 heterocycles. The molecule has 118 valence electrons. The van der Waals surface area contributed by atoms with Crippen molar-refractivity contribution in [1.82, 2.24) is 0 Å². The monoisotopic (exact) mass is 312 g/mol. The van der Waals surface area contributed by atoms with Crippen LogP contribution in [0.1, 0.15) is 32.8 Å². The molecule has 1 rings (SSSR count). The molecule has 5 nitrogen and oxygen atoms in total. The van der Waals surface area contributed by atoms with Crippen LogP contribution in [-0.4, -0.2) is 33.2 Å². The van der Waals surface area contributed by atoms with E-state index >= 15 is 0 Å². The van der Waals surface area contributed by atoms with Gasteiger partial charge < -0.3 is 10.5 Å². The first-order valence-corrected chi connectivity index (χ1v) is 8.52. The Balaban J connectivity index is 2.58. The standard InChI is InChI=1S/C15H24N2O3S/c1-15(2,3)7-8-20-9-10-21(18,19)13-6-4-5-12(11-13)14(16)17/h4-6,11H,7-10H2,1-3H3,(H3,16,17). The molecule has 0 saturated carbocycles. The molecule has 0 bridgehead atoms. The first kappa shape index (κ1) is 17.7. The number of nitrogen functional groups attached to an aromatic ring is 1. The number of amidine groups is 1. The maximum Gasteiger partial charge on any atom is 0.180 e. The zero-order valence-electron chi connectivity index (χ0n) is 12.8. The van der Waals surface area contributed by atoms with Crippen LogP contribution in [0.3, 0.4) is 0 Å². The molecular formula is C15H24N2O3S. The summed E-state index contributed by atoms with van der Waals surface area (Å²) in [6.45, 7) is 7.05. The number of hydrogen-bond donors (Lipinski definition) is 2. The van der Waals surface area contributed by atoms with E-state index in [-0.39, 0.29) is 28.5 Å². The molecule has 1 aromatic rings. The maximum atomic E-state index is 12.2. The quantitative estimate of drug-likeness (QED) is 0.458. The first-order valence-electron chi connectivity index (χ1n) is 6.87. The van der Waals surface area contributed by atoms with Crippen LogP contribution in [0, 0.1) is 10.8 Å². The zero-order chi connectivity index (χ0) is 16.1. The number of hydrogen-bond acceptors (Lipinski definition) is 4. The van der Waals surface area contributed by atoms with Gasteiger partial charge in [0.25, 0.3) is 0 Å². The molecule has 0 spiro atoms. The summed E-state index contributed by atoms with van der Waals surface area (Å²) < 4.78 is 29.8. The lowest BCUT2D eigenvalue weighted by Gasteiger charge is -2.17. The molecule has 0 saturated heterocycles. The molecule has 3 N–H and O–H groups in total. The highest BCUT2D eigenvalue weighted by atomic mass is 32.2. The summed E-state index contributed by atoms with van der Waals surface area (Å²) in [5, 5.41) is 7.35. The van der Waals surface area contributed by atoms with Crippen molar-refractivity contribution in [3.05, 3.63) is 29.8 Å². The van der Waals surface area contributed by atoms with Gasteiger partial charge in [-0.15, -0.1) is 0 Å². The van der Waals surface area contributed by atoms with Crippen molar-refractivity contribution in [2.24, 2.45) is 11.1 Å². The summed E-state index contributed by atoms with van der Waals surface area (Å²) in [7, 11) is -3.41. The van der Waals surface area contributed by atoms with E-state index in [2.05, 4.69) is 20.8 Å². The van der Waals surface area contributed by atoms with E-state index in [4.69, 9.17) is 15.9 Å². The second kappa shape index (κ2) is 7.04. The molecule has 0 aromatic heterocycles. The fraction of sp³-hybridized carbons (Fsp3) is 0.533. The number of nitrogens with one attached hydrogen (secondary N) is 1. The van der Waals surface area contributed by atoms with Gasteiger partial charge in [0.2, 0.25) is 0 Å². The van der Waals surface area contributed by atoms with E-state index in [1.165, 1.54) is 12.1 Å². The Morgan fingerprint density at radius 3 is 2.52 bits per heavy atom. The van der Waals surface area contributed by atoms with Gasteiger partial charge in [0.1, 0.15) is 5.84 Å². The van der Waals surface area contributed by atoms with Crippen molar-refractivity contribution in [1.29, 1.82) is 5.41 Å². The highest BCUT2D eigenvalue weighted by molar-refractivity contribution is 7.91. The lowest BCUT2D eigenvalue weighted by Crippen LogP contribution is -2.16. The fourth-order valence-electron chi connectivity index (χ4n) is 1.62. The fourth-order valence-corrected chi connectivity index (χ4v) is 2.79. The van der Waals surface area contributed by atoms with Gasteiger partial charge in [-0.2, -0.15) is 0 Å². The molecule has 6 heteroatoms. The van der Waals surface area contributed by atoms with Gasteiger partial charge in [-0.1, -0.05) is 32.9 Å². The third kappa shape index (κ3) is 6.27. The van der Waals surface area contributed by atoms with Gasteiger partial charge in [-0.05, 0) is 24.0 Å². The van der Waals surface area contributed by atoms with Gasteiger partial charge in [0.05, 0.1) is 17.3 Å². The molecule has 0 aliphatic heterocycles. The summed E-state index contributed by atoms with van der Waals surface area (Å²) >= 11 is 0. The average molecular weight is 312 g/mol. The summed E-state index contributed by atoms with van der Waals surface area (Å²) in [5.74, 6) is -0.216. The predicted molar refractivity (Wildman–Crippen MR) is 84.4 cm³/mol. The molecule has 0 radical (unpaired) electrons. The zero-order valence-corrected chi connectivity index (χ0v) is 13.7. The van der Waals surface area contributed by atoms with Crippen molar-refractivity contribution < 1.29 is 13.2 Å². The Morgan fingerprint density at radius 1 is 1.29 bits per heavy atom. The molecule has 0 unspecified atom stereocenters. The molecule has 0 atom stereocenters. The van der Waals surface area contributed by atoms with Crippen molar-refractivity contribution in [3.8, 4) is 0 Å². The summed E-state index contributed by atoms with van der Waals surface area (Å²) in [4.78, 5) is 0.176. The molecule has 0 fully saturated rings. The molecule has 0 amide bonds. The van der Waals surface area contributed by atoms with Crippen LogP contribution in [0.5, 0.6) is 0 Å². The van der Waals surface area contributed by atoms with Gasteiger partial charge in [-0.25, -0.2) is 8.42 Å². The van der Waals surface area contributed by atoms with Crippen LogP contribution in [0.2, 0.25) is 0 Å². The van der Waals surface area contributed by atoms with Crippen LogP contribution in [0.4, 0.5) is 0 Å². The minimum absolute atomic E-state index is 0.0709.